The van der Waals surface area contributed by atoms with E-state index in [4.69, 9.17) is 0 Å². The lowest BCUT2D eigenvalue weighted by Gasteiger charge is -2.34. The molecule has 1 unspecified atom stereocenters. The van der Waals surface area contributed by atoms with Crippen LogP contribution in [0.4, 0.5) is 0 Å². The van der Waals surface area contributed by atoms with Gasteiger partial charge in [0.25, 0.3) is 0 Å². The minimum atomic E-state index is 0.593. The Kier molecular flexibility index (Phi) is 5.14. The molecular formula is C15H25N3. The molecule has 2 rings (SSSR count). The first-order valence-electron chi connectivity index (χ1n) is 7.11. The smallest absolute Gasteiger partial charge is 0.0270 e. The van der Waals surface area contributed by atoms with Gasteiger partial charge in [-0.3, -0.25) is 4.98 Å². The Bertz CT molecular complexity index is 337. The number of pyridine rings is 1. The first-order valence-corrected chi connectivity index (χ1v) is 7.11. The molecule has 2 heterocycles. The summed E-state index contributed by atoms with van der Waals surface area (Å²) in [6.07, 6.45) is 7.55. The second-order valence-electron chi connectivity index (χ2n) is 5.57. The molecule has 100 valence electrons. The normalized spacial score (nSPS) is 21.4. The third kappa shape index (κ3) is 4.39. The van der Waals surface area contributed by atoms with Gasteiger partial charge in [-0.2, -0.15) is 0 Å². The maximum atomic E-state index is 4.06. The van der Waals surface area contributed by atoms with Crippen LogP contribution >= 0.6 is 0 Å². The van der Waals surface area contributed by atoms with Crippen molar-refractivity contribution in [2.75, 3.05) is 19.6 Å². The maximum Gasteiger partial charge on any atom is 0.0270 e. The summed E-state index contributed by atoms with van der Waals surface area (Å²) in [5, 5.41) is 3.66. The highest BCUT2D eigenvalue weighted by atomic mass is 15.2. The minimum Gasteiger partial charge on any atom is -0.311 e. The van der Waals surface area contributed by atoms with Crippen molar-refractivity contribution < 1.29 is 0 Å². The van der Waals surface area contributed by atoms with E-state index in [0.717, 1.165) is 6.42 Å². The Morgan fingerprint density at radius 2 is 2.17 bits per heavy atom. The standard InChI is InChI=1S/C15H25N3/c1-13(2)17-15-4-3-10-18(12-15)11-7-14-5-8-16-9-6-14/h5-6,8-9,13,15,17H,3-4,7,10-12H2,1-2H3. The lowest BCUT2D eigenvalue weighted by Crippen LogP contribution is -2.48. The number of likely N-dealkylation sites (tertiary alicyclic amines) is 1. The molecule has 0 radical (unpaired) electrons. The molecular weight excluding hydrogens is 222 g/mol. The highest BCUT2D eigenvalue weighted by Gasteiger charge is 2.19. The van der Waals surface area contributed by atoms with Crippen LogP contribution in [-0.4, -0.2) is 41.6 Å². The first-order chi connectivity index (χ1) is 8.74. The summed E-state index contributed by atoms with van der Waals surface area (Å²) in [5.74, 6) is 0. The van der Waals surface area contributed by atoms with Crippen molar-refractivity contribution in [3.63, 3.8) is 0 Å². The Morgan fingerprint density at radius 1 is 1.39 bits per heavy atom. The van der Waals surface area contributed by atoms with Crippen molar-refractivity contribution >= 4 is 0 Å². The maximum absolute atomic E-state index is 4.06. The SMILES string of the molecule is CC(C)NC1CCCN(CCc2ccncc2)C1. The molecule has 0 saturated carbocycles. The molecule has 0 spiro atoms. The summed E-state index contributed by atoms with van der Waals surface area (Å²) in [4.78, 5) is 6.65. The topological polar surface area (TPSA) is 28.2 Å². The monoisotopic (exact) mass is 247 g/mol. The molecule has 0 aromatic carbocycles. The molecule has 18 heavy (non-hydrogen) atoms. The van der Waals surface area contributed by atoms with E-state index in [-0.39, 0.29) is 0 Å². The van der Waals surface area contributed by atoms with Crippen molar-refractivity contribution in [2.45, 2.75) is 45.2 Å². The molecule has 1 aromatic rings. The summed E-state index contributed by atoms with van der Waals surface area (Å²) in [5.41, 5.74) is 1.39. The molecule has 1 fully saturated rings. The van der Waals surface area contributed by atoms with Gasteiger partial charge in [0.15, 0.2) is 0 Å². The molecule has 1 aliphatic heterocycles. The lowest BCUT2D eigenvalue weighted by molar-refractivity contribution is 0.187. The van der Waals surface area contributed by atoms with Gasteiger partial charge in [0, 0.05) is 37.6 Å². The van der Waals surface area contributed by atoms with Crippen molar-refractivity contribution in [2.24, 2.45) is 0 Å². The Labute approximate surface area is 111 Å². The van der Waals surface area contributed by atoms with E-state index in [1.165, 1.54) is 38.0 Å². The number of rotatable bonds is 5. The predicted molar refractivity (Wildman–Crippen MR) is 75.7 cm³/mol. The van der Waals surface area contributed by atoms with Gasteiger partial charge in [-0.15, -0.1) is 0 Å². The molecule has 0 bridgehead atoms. The molecule has 1 atom stereocenters. The van der Waals surface area contributed by atoms with Crippen LogP contribution in [0.1, 0.15) is 32.3 Å². The van der Waals surface area contributed by atoms with Gasteiger partial charge in [-0.25, -0.2) is 0 Å². The second-order valence-corrected chi connectivity index (χ2v) is 5.57. The first kappa shape index (κ1) is 13.5. The van der Waals surface area contributed by atoms with Crippen LogP contribution < -0.4 is 5.32 Å². The van der Waals surface area contributed by atoms with Gasteiger partial charge in [0.05, 0.1) is 0 Å². The van der Waals surface area contributed by atoms with E-state index in [2.05, 4.69) is 41.2 Å². The van der Waals surface area contributed by atoms with Crippen molar-refractivity contribution in [3.05, 3.63) is 30.1 Å². The van der Waals surface area contributed by atoms with Gasteiger partial charge in [-0.05, 0) is 43.5 Å². The average Bonchev–Trinajstić information content (AvgIpc) is 2.37. The highest BCUT2D eigenvalue weighted by molar-refractivity contribution is 5.09. The molecule has 1 aromatic heterocycles. The van der Waals surface area contributed by atoms with Gasteiger partial charge in [0.2, 0.25) is 0 Å². The number of nitrogens with one attached hydrogen (secondary N) is 1. The zero-order valence-corrected chi connectivity index (χ0v) is 11.6. The van der Waals surface area contributed by atoms with Gasteiger partial charge >= 0.3 is 0 Å². The van der Waals surface area contributed by atoms with E-state index in [1.54, 1.807) is 0 Å². The van der Waals surface area contributed by atoms with Gasteiger partial charge < -0.3 is 10.2 Å². The van der Waals surface area contributed by atoms with E-state index in [1.807, 2.05) is 12.4 Å². The molecule has 1 aliphatic rings. The molecule has 1 saturated heterocycles. The lowest BCUT2D eigenvalue weighted by atomic mass is 10.0. The van der Waals surface area contributed by atoms with Crippen LogP contribution in [0, 0.1) is 0 Å². The zero-order valence-electron chi connectivity index (χ0n) is 11.6. The van der Waals surface area contributed by atoms with Crippen LogP contribution in [0.2, 0.25) is 0 Å². The van der Waals surface area contributed by atoms with Crippen molar-refractivity contribution in [3.8, 4) is 0 Å². The van der Waals surface area contributed by atoms with E-state index >= 15 is 0 Å². The fraction of sp³-hybridized carbons (Fsp3) is 0.667. The third-order valence-electron chi connectivity index (χ3n) is 3.54. The Hall–Kier alpha value is -0.930. The number of aromatic nitrogens is 1. The molecule has 1 N–H and O–H groups in total. The fourth-order valence-electron chi connectivity index (χ4n) is 2.70. The van der Waals surface area contributed by atoms with Gasteiger partial charge in [-0.1, -0.05) is 13.8 Å². The number of hydrogen-bond acceptors (Lipinski definition) is 3. The summed E-state index contributed by atoms with van der Waals surface area (Å²) < 4.78 is 0. The largest absolute Gasteiger partial charge is 0.311 e. The predicted octanol–water partition coefficient (Wildman–Crippen LogP) is 2.09. The Balaban J connectivity index is 1.76. The van der Waals surface area contributed by atoms with Crippen LogP contribution in [-0.2, 0) is 6.42 Å². The number of hydrogen-bond donors (Lipinski definition) is 1. The fourth-order valence-corrected chi connectivity index (χ4v) is 2.70. The summed E-state index contributed by atoms with van der Waals surface area (Å²) in [6, 6.07) is 5.51. The second kappa shape index (κ2) is 6.86. The molecule has 3 nitrogen and oxygen atoms in total. The zero-order chi connectivity index (χ0) is 12.8. The van der Waals surface area contributed by atoms with Crippen LogP contribution in [0.3, 0.4) is 0 Å². The van der Waals surface area contributed by atoms with E-state index < -0.39 is 0 Å². The number of nitrogens with zero attached hydrogens (tertiary/aromatic N) is 2. The summed E-state index contributed by atoms with van der Waals surface area (Å²) in [7, 11) is 0. The third-order valence-corrected chi connectivity index (χ3v) is 3.54. The van der Waals surface area contributed by atoms with Crippen molar-refractivity contribution in [1.29, 1.82) is 0 Å². The van der Waals surface area contributed by atoms with Gasteiger partial charge in [0.1, 0.15) is 0 Å². The van der Waals surface area contributed by atoms with Crippen LogP contribution in [0.15, 0.2) is 24.5 Å². The van der Waals surface area contributed by atoms with Crippen LogP contribution in [0.25, 0.3) is 0 Å². The minimum absolute atomic E-state index is 0.593. The molecule has 0 aliphatic carbocycles. The summed E-state index contributed by atoms with van der Waals surface area (Å²) >= 11 is 0. The van der Waals surface area contributed by atoms with E-state index in [9.17, 15) is 0 Å². The molecule has 3 heteroatoms. The van der Waals surface area contributed by atoms with Crippen LogP contribution in [0.5, 0.6) is 0 Å². The quantitative estimate of drug-likeness (QED) is 0.863. The van der Waals surface area contributed by atoms with Crippen molar-refractivity contribution in [1.82, 2.24) is 15.2 Å². The summed E-state index contributed by atoms with van der Waals surface area (Å²) in [6.45, 7) is 8.08. The number of piperidine rings is 1. The van der Waals surface area contributed by atoms with E-state index in [0.29, 0.717) is 12.1 Å². The molecule has 0 amide bonds. The Morgan fingerprint density at radius 3 is 2.89 bits per heavy atom. The highest BCUT2D eigenvalue weighted by Crippen LogP contribution is 2.11. The average molecular weight is 247 g/mol.